The third-order valence-corrected chi connectivity index (χ3v) is 5.45. The van der Waals surface area contributed by atoms with E-state index in [1.165, 1.54) is 37.1 Å². The number of ether oxygens (including phenoxy) is 1. The molecule has 0 bridgehead atoms. The molecule has 30 heavy (non-hydrogen) atoms. The van der Waals surface area contributed by atoms with E-state index in [0.29, 0.717) is 28.2 Å². The number of nitro benzene ring substituents is 1. The van der Waals surface area contributed by atoms with Gasteiger partial charge in [-0.2, -0.15) is 0 Å². The van der Waals surface area contributed by atoms with E-state index in [9.17, 15) is 14.9 Å². The van der Waals surface area contributed by atoms with E-state index >= 15 is 0 Å². The Balaban J connectivity index is 1.71. The number of rotatable bonds is 8. The van der Waals surface area contributed by atoms with Crippen molar-refractivity contribution in [2.45, 2.75) is 18.6 Å². The molecule has 0 saturated carbocycles. The number of nitrogens with one attached hydrogen (secondary N) is 1. The summed E-state index contributed by atoms with van der Waals surface area (Å²) >= 11 is 7.49. The molecular weight excluding hydrogens is 430 g/mol. The van der Waals surface area contributed by atoms with Crippen LogP contribution in [-0.4, -0.2) is 38.5 Å². The number of hydrogen-bond donors (Lipinski definition) is 1. The second-order valence-electron chi connectivity index (χ2n) is 6.01. The molecule has 1 N–H and O–H groups in total. The molecule has 11 heteroatoms. The van der Waals surface area contributed by atoms with Crippen LogP contribution in [0.15, 0.2) is 47.6 Å². The van der Waals surface area contributed by atoms with Gasteiger partial charge in [0.25, 0.3) is 5.69 Å². The maximum atomic E-state index is 12.4. The molecule has 0 aliphatic rings. The molecular formula is C19H18ClN5O4S. The number of benzene rings is 2. The molecule has 156 valence electrons. The van der Waals surface area contributed by atoms with Crippen LogP contribution in [0.3, 0.4) is 0 Å². The third kappa shape index (κ3) is 4.71. The summed E-state index contributed by atoms with van der Waals surface area (Å²) in [4.78, 5) is 22.8. The van der Waals surface area contributed by atoms with E-state index < -0.39 is 4.92 Å². The molecule has 0 aliphatic carbocycles. The van der Waals surface area contributed by atoms with Crippen molar-refractivity contribution in [1.82, 2.24) is 14.8 Å². The average Bonchev–Trinajstić information content (AvgIpc) is 3.15. The normalized spacial score (nSPS) is 10.6. The SMILES string of the molecule is CCn1c(SCC(=O)Nc2ccc([N+](=O)[O-])cc2OC)nnc1-c1ccccc1Cl. The molecule has 1 amide bonds. The van der Waals surface area contributed by atoms with E-state index in [0.717, 1.165) is 5.56 Å². The van der Waals surface area contributed by atoms with E-state index in [1.54, 1.807) is 6.07 Å². The van der Waals surface area contributed by atoms with Gasteiger partial charge >= 0.3 is 0 Å². The summed E-state index contributed by atoms with van der Waals surface area (Å²) in [5, 5.41) is 23.1. The minimum atomic E-state index is -0.530. The number of thioether (sulfide) groups is 1. The predicted molar refractivity (Wildman–Crippen MR) is 115 cm³/mol. The zero-order chi connectivity index (χ0) is 21.7. The van der Waals surface area contributed by atoms with Gasteiger partial charge in [-0.1, -0.05) is 35.5 Å². The van der Waals surface area contributed by atoms with Crippen LogP contribution in [0.4, 0.5) is 11.4 Å². The van der Waals surface area contributed by atoms with Gasteiger partial charge in [-0.05, 0) is 25.1 Å². The number of amides is 1. The minimum absolute atomic E-state index is 0.0702. The summed E-state index contributed by atoms with van der Waals surface area (Å²) in [5.74, 6) is 0.598. The van der Waals surface area contributed by atoms with Crippen molar-refractivity contribution in [1.29, 1.82) is 0 Å². The number of methoxy groups -OCH3 is 1. The van der Waals surface area contributed by atoms with Crippen LogP contribution in [0, 0.1) is 10.1 Å². The van der Waals surface area contributed by atoms with Gasteiger partial charge < -0.3 is 14.6 Å². The molecule has 0 spiro atoms. The zero-order valence-corrected chi connectivity index (χ0v) is 17.7. The van der Waals surface area contributed by atoms with Crippen molar-refractivity contribution in [3.8, 4) is 17.1 Å². The lowest BCUT2D eigenvalue weighted by Crippen LogP contribution is -2.15. The molecule has 2 aromatic carbocycles. The van der Waals surface area contributed by atoms with Crippen LogP contribution in [0.1, 0.15) is 6.92 Å². The van der Waals surface area contributed by atoms with Gasteiger partial charge in [-0.3, -0.25) is 14.9 Å². The summed E-state index contributed by atoms with van der Waals surface area (Å²) in [6.07, 6.45) is 0. The minimum Gasteiger partial charge on any atom is -0.494 e. The van der Waals surface area contributed by atoms with Gasteiger partial charge in [0.1, 0.15) is 5.75 Å². The molecule has 0 saturated heterocycles. The second-order valence-corrected chi connectivity index (χ2v) is 7.36. The highest BCUT2D eigenvalue weighted by Gasteiger charge is 2.17. The second kappa shape index (κ2) is 9.59. The lowest BCUT2D eigenvalue weighted by molar-refractivity contribution is -0.384. The van der Waals surface area contributed by atoms with Crippen LogP contribution in [0.25, 0.3) is 11.4 Å². The fraction of sp³-hybridized carbons (Fsp3) is 0.211. The molecule has 9 nitrogen and oxygen atoms in total. The Morgan fingerprint density at radius 1 is 1.30 bits per heavy atom. The lowest BCUT2D eigenvalue weighted by atomic mass is 10.2. The smallest absolute Gasteiger partial charge is 0.273 e. The quantitative estimate of drug-likeness (QED) is 0.311. The number of carbonyl (C=O) groups is 1. The molecule has 1 aromatic heterocycles. The summed E-state index contributed by atoms with van der Waals surface area (Å²) in [6, 6.07) is 11.3. The average molecular weight is 448 g/mol. The summed E-state index contributed by atoms with van der Waals surface area (Å²) < 4.78 is 7.02. The topological polar surface area (TPSA) is 112 Å². The third-order valence-electron chi connectivity index (χ3n) is 4.15. The Morgan fingerprint density at radius 2 is 2.07 bits per heavy atom. The fourth-order valence-electron chi connectivity index (χ4n) is 2.74. The summed E-state index contributed by atoms with van der Waals surface area (Å²) in [6.45, 7) is 2.56. The number of nitrogens with zero attached hydrogens (tertiary/aromatic N) is 4. The van der Waals surface area contributed by atoms with Gasteiger partial charge in [-0.15, -0.1) is 10.2 Å². The van der Waals surface area contributed by atoms with E-state index in [-0.39, 0.29) is 23.1 Å². The predicted octanol–water partition coefficient (Wildman–Crippen LogP) is 4.27. The van der Waals surface area contributed by atoms with Gasteiger partial charge in [0.2, 0.25) is 5.91 Å². The van der Waals surface area contributed by atoms with Crippen molar-refractivity contribution in [2.75, 3.05) is 18.2 Å². The maximum absolute atomic E-state index is 12.4. The van der Waals surface area contributed by atoms with Gasteiger partial charge in [0.05, 0.1) is 34.6 Å². The first-order chi connectivity index (χ1) is 14.4. The summed E-state index contributed by atoms with van der Waals surface area (Å²) in [7, 11) is 1.38. The lowest BCUT2D eigenvalue weighted by Gasteiger charge is -2.10. The zero-order valence-electron chi connectivity index (χ0n) is 16.2. The highest BCUT2D eigenvalue weighted by molar-refractivity contribution is 7.99. The Hall–Kier alpha value is -3.11. The van der Waals surface area contributed by atoms with E-state index in [2.05, 4.69) is 15.5 Å². The first-order valence-electron chi connectivity index (χ1n) is 8.87. The number of anilines is 1. The van der Waals surface area contributed by atoms with Crippen molar-refractivity contribution < 1.29 is 14.5 Å². The first-order valence-corrected chi connectivity index (χ1v) is 10.2. The molecule has 0 atom stereocenters. The number of aromatic nitrogens is 3. The van der Waals surface area contributed by atoms with Gasteiger partial charge in [0.15, 0.2) is 11.0 Å². The van der Waals surface area contributed by atoms with Crippen LogP contribution in [-0.2, 0) is 11.3 Å². The highest BCUT2D eigenvalue weighted by atomic mass is 35.5. The van der Waals surface area contributed by atoms with Crippen molar-refractivity contribution >= 4 is 40.6 Å². The molecule has 0 fully saturated rings. The van der Waals surface area contributed by atoms with Crippen LogP contribution >= 0.6 is 23.4 Å². The standard InChI is InChI=1S/C19H18ClN5O4S/c1-3-24-18(13-6-4-5-7-14(13)20)22-23-19(24)30-11-17(26)21-15-9-8-12(25(27)28)10-16(15)29-2/h4-10H,3,11H2,1-2H3,(H,21,26). The molecule has 3 aromatic rings. The van der Waals surface area contributed by atoms with E-state index in [4.69, 9.17) is 16.3 Å². The number of non-ortho nitro benzene ring substituents is 1. The Labute approximate surface area is 181 Å². The molecule has 0 radical (unpaired) electrons. The van der Waals surface area contributed by atoms with Gasteiger partial charge in [-0.25, -0.2) is 0 Å². The summed E-state index contributed by atoms with van der Waals surface area (Å²) in [5.41, 5.74) is 0.991. The Bertz CT molecular complexity index is 1090. The molecule has 0 unspecified atom stereocenters. The fourth-order valence-corrected chi connectivity index (χ4v) is 3.76. The van der Waals surface area contributed by atoms with Crippen LogP contribution in [0.5, 0.6) is 5.75 Å². The molecule has 1 heterocycles. The van der Waals surface area contributed by atoms with E-state index in [1.807, 2.05) is 29.7 Å². The number of carbonyl (C=O) groups excluding carboxylic acids is 1. The number of hydrogen-bond acceptors (Lipinski definition) is 7. The number of halogens is 1. The van der Waals surface area contributed by atoms with Crippen LogP contribution in [0.2, 0.25) is 5.02 Å². The van der Waals surface area contributed by atoms with Gasteiger partial charge in [0, 0.05) is 18.2 Å². The van der Waals surface area contributed by atoms with Crippen molar-refractivity contribution in [3.63, 3.8) is 0 Å². The monoisotopic (exact) mass is 447 g/mol. The number of nitro groups is 1. The van der Waals surface area contributed by atoms with Crippen molar-refractivity contribution in [3.05, 3.63) is 57.6 Å². The van der Waals surface area contributed by atoms with Crippen LogP contribution < -0.4 is 10.1 Å². The Kier molecular flexibility index (Phi) is 6.91. The molecule has 3 rings (SSSR count). The first kappa shape index (κ1) is 21.6. The Morgan fingerprint density at radius 3 is 2.73 bits per heavy atom. The van der Waals surface area contributed by atoms with Crippen molar-refractivity contribution in [2.24, 2.45) is 0 Å². The highest BCUT2D eigenvalue weighted by Crippen LogP contribution is 2.31. The maximum Gasteiger partial charge on any atom is 0.273 e. The largest absolute Gasteiger partial charge is 0.494 e. The molecule has 0 aliphatic heterocycles.